The number of halogens is 6. The topological polar surface area (TPSA) is 43.1 Å². The molecule has 0 saturated heterocycles. The number of alkyl halides is 3. The lowest BCUT2D eigenvalue weighted by Gasteiger charge is -2.09. The van der Waals surface area contributed by atoms with Gasteiger partial charge in [-0.25, -0.2) is 9.78 Å². The molecule has 0 saturated carbocycles. The molecule has 0 fully saturated rings. The Hall–Kier alpha value is -1.38. The van der Waals surface area contributed by atoms with Gasteiger partial charge in [-0.05, 0) is 56.1 Å². The van der Waals surface area contributed by atoms with E-state index in [1.165, 1.54) is 12.1 Å². The molecule has 1 heterocycles. The van der Waals surface area contributed by atoms with Gasteiger partial charge in [0.15, 0.2) is 0 Å². The number of nitrogens with zero attached hydrogens (tertiary/aromatic N) is 1. The molecule has 24 heavy (non-hydrogen) atoms. The second-order valence-electron chi connectivity index (χ2n) is 4.76. The molecule has 0 N–H and O–H groups in total. The highest BCUT2D eigenvalue weighted by Crippen LogP contribution is 2.35. The van der Waals surface area contributed by atoms with Gasteiger partial charge >= 0.3 is 11.8 Å². The van der Waals surface area contributed by atoms with Crippen LogP contribution in [0.15, 0.2) is 48.5 Å². The normalized spacial score (nSPS) is 11.9. The summed E-state index contributed by atoms with van der Waals surface area (Å²) in [6.45, 7) is 0. The minimum Gasteiger partial charge on any atom is -0.403 e. The smallest absolute Gasteiger partial charge is 0.403 e. The van der Waals surface area contributed by atoms with E-state index in [1.807, 2.05) is 0 Å². The highest BCUT2D eigenvalue weighted by molar-refractivity contribution is 9.11. The van der Waals surface area contributed by atoms with E-state index in [0.29, 0.717) is 8.95 Å². The number of rotatable bonds is 1. The first-order chi connectivity index (χ1) is 11.2. The molecule has 0 aliphatic heterocycles. The fourth-order valence-corrected chi connectivity index (χ4v) is 3.57. The highest BCUT2D eigenvalue weighted by atomic mass is 79.9. The van der Waals surface area contributed by atoms with Crippen molar-refractivity contribution >= 4 is 54.4 Å². The van der Waals surface area contributed by atoms with Crippen LogP contribution in [-0.2, 0) is 6.18 Å². The zero-order chi connectivity index (χ0) is 17.6. The molecule has 0 aliphatic rings. The Kier molecular flexibility index (Phi) is 4.48. The van der Waals surface area contributed by atoms with Gasteiger partial charge in [0, 0.05) is 14.5 Å². The Morgan fingerprint density at radius 1 is 1.12 bits per heavy atom. The first kappa shape index (κ1) is 17.4. The van der Waals surface area contributed by atoms with E-state index < -0.39 is 17.4 Å². The SMILES string of the molecule is O=c1oc(-c2cccc(C(F)(F)F)c2)nc2c(Br)cc(Br)c(Cl)c12. The van der Waals surface area contributed by atoms with E-state index in [4.69, 9.17) is 16.0 Å². The Labute approximate surface area is 154 Å². The van der Waals surface area contributed by atoms with Gasteiger partial charge in [-0.3, -0.25) is 0 Å². The van der Waals surface area contributed by atoms with Crippen molar-refractivity contribution in [3.8, 4) is 11.5 Å². The van der Waals surface area contributed by atoms with Gasteiger partial charge in [-0.15, -0.1) is 0 Å². The van der Waals surface area contributed by atoms with Gasteiger partial charge in [-0.2, -0.15) is 13.2 Å². The van der Waals surface area contributed by atoms with Crippen molar-refractivity contribution in [1.29, 1.82) is 0 Å². The minimum atomic E-state index is -4.51. The maximum Gasteiger partial charge on any atom is 0.416 e. The molecule has 0 spiro atoms. The zero-order valence-electron chi connectivity index (χ0n) is 11.4. The van der Waals surface area contributed by atoms with Crippen LogP contribution < -0.4 is 5.63 Å². The summed E-state index contributed by atoms with van der Waals surface area (Å²) >= 11 is 12.5. The molecule has 0 aliphatic carbocycles. The third kappa shape index (κ3) is 3.10. The molecular formula is C15H5Br2ClF3NO2. The van der Waals surface area contributed by atoms with E-state index in [2.05, 4.69) is 36.8 Å². The van der Waals surface area contributed by atoms with Crippen LogP contribution in [0.3, 0.4) is 0 Å². The number of aromatic nitrogens is 1. The molecular weight excluding hydrogens is 478 g/mol. The summed E-state index contributed by atoms with van der Waals surface area (Å²) in [5.74, 6) is -0.224. The van der Waals surface area contributed by atoms with Crippen molar-refractivity contribution in [3.05, 3.63) is 60.3 Å². The van der Waals surface area contributed by atoms with Gasteiger partial charge in [-0.1, -0.05) is 17.7 Å². The van der Waals surface area contributed by atoms with Crippen LogP contribution in [0.4, 0.5) is 13.2 Å². The summed E-state index contributed by atoms with van der Waals surface area (Å²) in [5.41, 5.74) is -1.42. The second-order valence-corrected chi connectivity index (χ2v) is 6.85. The molecule has 0 radical (unpaired) electrons. The fourth-order valence-electron chi connectivity index (χ4n) is 2.10. The molecule has 0 unspecified atom stereocenters. The Bertz CT molecular complexity index is 1020. The first-order valence-electron chi connectivity index (χ1n) is 6.34. The molecule has 2 aromatic carbocycles. The van der Waals surface area contributed by atoms with E-state index >= 15 is 0 Å². The Balaban J connectivity index is 2.28. The largest absolute Gasteiger partial charge is 0.416 e. The molecule has 124 valence electrons. The van der Waals surface area contributed by atoms with Crippen molar-refractivity contribution in [2.75, 3.05) is 0 Å². The van der Waals surface area contributed by atoms with Crippen molar-refractivity contribution in [2.24, 2.45) is 0 Å². The van der Waals surface area contributed by atoms with Crippen molar-refractivity contribution in [3.63, 3.8) is 0 Å². The predicted octanol–water partition coefficient (Wildman–Crippen LogP) is 6.05. The second kappa shape index (κ2) is 6.16. The van der Waals surface area contributed by atoms with Crippen molar-refractivity contribution in [1.82, 2.24) is 4.98 Å². The molecule has 3 rings (SSSR count). The monoisotopic (exact) mass is 481 g/mol. The maximum atomic E-state index is 12.8. The lowest BCUT2D eigenvalue weighted by Crippen LogP contribution is -2.07. The van der Waals surface area contributed by atoms with E-state index in [1.54, 1.807) is 6.07 Å². The van der Waals surface area contributed by atoms with Crippen molar-refractivity contribution < 1.29 is 17.6 Å². The quantitative estimate of drug-likeness (QED) is 0.396. The van der Waals surface area contributed by atoms with Gasteiger partial charge in [0.1, 0.15) is 5.39 Å². The number of hydrogen-bond acceptors (Lipinski definition) is 3. The molecule has 0 amide bonds. The lowest BCUT2D eigenvalue weighted by atomic mass is 10.1. The molecule has 3 nitrogen and oxygen atoms in total. The summed E-state index contributed by atoms with van der Waals surface area (Å²) in [5, 5.41) is 0.152. The molecule has 0 atom stereocenters. The zero-order valence-corrected chi connectivity index (χ0v) is 15.3. The molecule has 9 heteroatoms. The number of fused-ring (bicyclic) bond motifs is 1. The third-order valence-electron chi connectivity index (χ3n) is 3.19. The van der Waals surface area contributed by atoms with E-state index in [0.717, 1.165) is 12.1 Å². The molecule has 3 aromatic rings. The van der Waals surface area contributed by atoms with Gasteiger partial charge in [0.05, 0.1) is 16.1 Å². The van der Waals surface area contributed by atoms with Gasteiger partial charge in [0.25, 0.3) is 0 Å². The third-order valence-corrected chi connectivity index (χ3v) is 5.04. The molecule has 1 aromatic heterocycles. The predicted molar refractivity (Wildman–Crippen MR) is 91.1 cm³/mol. The first-order valence-corrected chi connectivity index (χ1v) is 8.31. The van der Waals surface area contributed by atoms with Gasteiger partial charge < -0.3 is 4.42 Å². The summed E-state index contributed by atoms with van der Waals surface area (Å²) < 4.78 is 44.5. The summed E-state index contributed by atoms with van der Waals surface area (Å²) in [6, 6.07) is 5.97. The van der Waals surface area contributed by atoms with Crippen LogP contribution in [0.1, 0.15) is 5.56 Å². The minimum absolute atomic E-state index is 0.0358. The standard InChI is InChI=1S/C15H5Br2ClF3NO2/c16-8-5-9(17)12-10(11(8)18)14(23)24-13(22-12)6-2-1-3-7(4-6)15(19,20)21/h1-5H. The maximum absolute atomic E-state index is 12.8. The van der Waals surface area contributed by atoms with Crippen LogP contribution in [0, 0.1) is 0 Å². The highest BCUT2D eigenvalue weighted by Gasteiger charge is 2.30. The Morgan fingerprint density at radius 2 is 1.83 bits per heavy atom. The van der Waals surface area contributed by atoms with Crippen LogP contribution in [0.25, 0.3) is 22.4 Å². The average Bonchev–Trinajstić information content (AvgIpc) is 2.51. The van der Waals surface area contributed by atoms with E-state index in [9.17, 15) is 18.0 Å². The van der Waals surface area contributed by atoms with Crippen LogP contribution in [-0.4, -0.2) is 4.98 Å². The number of hydrogen-bond donors (Lipinski definition) is 0. The summed E-state index contributed by atoms with van der Waals surface area (Å²) in [6.07, 6.45) is -4.51. The summed E-state index contributed by atoms with van der Waals surface area (Å²) in [4.78, 5) is 16.4. The van der Waals surface area contributed by atoms with E-state index in [-0.39, 0.29) is 27.4 Å². The van der Waals surface area contributed by atoms with Crippen LogP contribution in [0.5, 0.6) is 0 Å². The average molecular weight is 483 g/mol. The van der Waals surface area contributed by atoms with Gasteiger partial charge in [0.2, 0.25) is 5.89 Å². The number of benzene rings is 2. The Morgan fingerprint density at radius 3 is 2.50 bits per heavy atom. The fraction of sp³-hybridized carbons (Fsp3) is 0.0667. The van der Waals surface area contributed by atoms with Crippen LogP contribution >= 0.6 is 43.5 Å². The van der Waals surface area contributed by atoms with Crippen molar-refractivity contribution in [2.45, 2.75) is 6.18 Å². The van der Waals surface area contributed by atoms with Crippen LogP contribution in [0.2, 0.25) is 5.02 Å². The summed E-state index contributed by atoms with van der Waals surface area (Å²) in [7, 11) is 0. The molecule has 0 bridgehead atoms. The lowest BCUT2D eigenvalue weighted by molar-refractivity contribution is -0.137.